The summed E-state index contributed by atoms with van der Waals surface area (Å²) in [5.41, 5.74) is 22.1. The molecule has 71 heavy (non-hydrogen) atoms. The van der Waals surface area contributed by atoms with Gasteiger partial charge in [0.25, 0.3) is 0 Å². The van der Waals surface area contributed by atoms with Crippen molar-refractivity contribution in [2.24, 2.45) is 0 Å². The van der Waals surface area contributed by atoms with Crippen LogP contribution in [0.2, 0.25) is 0 Å². The minimum Gasteiger partial charge on any atom is -0.457 e. The minimum absolute atomic E-state index is 0.477. The Labute approximate surface area is 418 Å². The van der Waals surface area contributed by atoms with Crippen LogP contribution in [0.5, 0.6) is 11.5 Å². The van der Waals surface area contributed by atoms with Gasteiger partial charge in [-0.1, -0.05) is 230 Å². The number of ether oxygens (including phenoxy) is 1. The molecule has 11 aromatic carbocycles. The van der Waals surface area contributed by atoms with Crippen LogP contribution < -0.4 is 9.64 Å². The molecular weight excluding hydrogens is 879 g/mol. The van der Waals surface area contributed by atoms with Crippen LogP contribution in [0.15, 0.2) is 271 Å². The fourth-order valence-electron chi connectivity index (χ4n) is 12.9. The third-order valence-corrected chi connectivity index (χ3v) is 16.8. The molecule has 0 amide bonds. The highest BCUT2D eigenvalue weighted by atomic mass is 32.2. The Morgan fingerprint density at radius 3 is 1.45 bits per heavy atom. The van der Waals surface area contributed by atoms with E-state index in [0.29, 0.717) is 0 Å². The largest absolute Gasteiger partial charge is 0.457 e. The molecule has 2 aliphatic heterocycles. The van der Waals surface area contributed by atoms with Crippen molar-refractivity contribution < 1.29 is 4.74 Å². The maximum absolute atomic E-state index is 6.76. The maximum atomic E-state index is 6.76. The molecule has 11 aromatic rings. The number of para-hydroxylation sites is 3. The summed E-state index contributed by atoms with van der Waals surface area (Å²) in [6.45, 7) is 0. The number of anilines is 3. The molecule has 2 nitrogen and oxygen atoms in total. The van der Waals surface area contributed by atoms with Gasteiger partial charge in [-0.05, 0) is 109 Å². The Bertz CT molecular complexity index is 3870. The van der Waals surface area contributed by atoms with Gasteiger partial charge < -0.3 is 9.64 Å². The first-order chi connectivity index (χ1) is 35.2. The number of hydrogen-bond acceptors (Lipinski definition) is 3. The van der Waals surface area contributed by atoms with E-state index < -0.39 is 10.8 Å². The quantitative estimate of drug-likeness (QED) is 0.171. The second kappa shape index (κ2) is 15.4. The highest BCUT2D eigenvalue weighted by molar-refractivity contribution is 7.99. The number of hydrogen-bond donors (Lipinski definition) is 0. The van der Waals surface area contributed by atoms with Crippen molar-refractivity contribution in [1.29, 1.82) is 0 Å². The van der Waals surface area contributed by atoms with E-state index in [1.807, 2.05) is 11.8 Å². The van der Waals surface area contributed by atoms with E-state index in [9.17, 15) is 0 Å². The summed E-state index contributed by atoms with van der Waals surface area (Å²) >= 11 is 1.89. The molecule has 2 heterocycles. The molecule has 0 aromatic heterocycles. The van der Waals surface area contributed by atoms with Gasteiger partial charge in [0.2, 0.25) is 0 Å². The molecule has 3 heteroatoms. The Morgan fingerprint density at radius 2 is 0.761 bits per heavy atom. The van der Waals surface area contributed by atoms with Crippen LogP contribution in [-0.4, -0.2) is 0 Å². The number of nitrogens with zero attached hydrogens (tertiary/aromatic N) is 1. The molecule has 0 N–H and O–H groups in total. The Kier molecular flexibility index (Phi) is 8.76. The highest BCUT2D eigenvalue weighted by Crippen LogP contribution is 2.66. The molecule has 0 saturated carbocycles. The van der Waals surface area contributed by atoms with Gasteiger partial charge in [-0.15, -0.1) is 0 Å². The zero-order valence-corrected chi connectivity index (χ0v) is 39.4. The van der Waals surface area contributed by atoms with Gasteiger partial charge in [0, 0.05) is 37.7 Å². The lowest BCUT2D eigenvalue weighted by atomic mass is 9.66. The van der Waals surface area contributed by atoms with Crippen molar-refractivity contribution in [3.05, 3.63) is 305 Å². The second-order valence-corrected chi connectivity index (χ2v) is 20.1. The molecule has 0 bridgehead atoms. The molecule has 15 rings (SSSR count). The molecule has 0 atom stereocenters. The predicted molar refractivity (Wildman–Crippen MR) is 291 cm³/mol. The van der Waals surface area contributed by atoms with Gasteiger partial charge in [0.15, 0.2) is 0 Å². The lowest BCUT2D eigenvalue weighted by Crippen LogP contribution is -2.32. The van der Waals surface area contributed by atoms with Crippen molar-refractivity contribution in [2.75, 3.05) is 4.90 Å². The van der Waals surface area contributed by atoms with Crippen LogP contribution in [0.25, 0.3) is 44.5 Å². The van der Waals surface area contributed by atoms with Crippen molar-refractivity contribution in [2.45, 2.75) is 20.6 Å². The lowest BCUT2D eigenvalue weighted by molar-refractivity contribution is 0.436. The van der Waals surface area contributed by atoms with Gasteiger partial charge >= 0.3 is 0 Å². The second-order valence-electron chi connectivity index (χ2n) is 19.0. The van der Waals surface area contributed by atoms with E-state index >= 15 is 0 Å². The number of benzene rings is 11. The summed E-state index contributed by atoms with van der Waals surface area (Å²) < 4.78 is 6.76. The standard InChI is InChI=1S/C68H43NOS/c1-2-19-44(20-3-1)45-37-39-46(40-38-45)48-21-7-14-32-60(48)69(47-41-42-58-65(43-47)71-64-36-17-13-30-57(64)67(58)52-25-8-4-22-49(52)50-23-5-9-26-53(50)67)61-33-18-31-59-66(61)51-24-6-10-27-54(51)68(59)55-28-11-15-34-62(55)70-63-35-16-12-29-56(63)68/h1-43H. The topological polar surface area (TPSA) is 12.5 Å². The zero-order chi connectivity index (χ0) is 46.7. The monoisotopic (exact) mass is 921 g/mol. The van der Waals surface area contributed by atoms with Gasteiger partial charge in [-0.2, -0.15) is 0 Å². The molecule has 2 aliphatic carbocycles. The van der Waals surface area contributed by atoms with Crippen LogP contribution in [0, 0.1) is 0 Å². The maximum Gasteiger partial charge on any atom is 0.132 e. The highest BCUT2D eigenvalue weighted by Gasteiger charge is 2.53. The van der Waals surface area contributed by atoms with E-state index in [1.54, 1.807) is 0 Å². The van der Waals surface area contributed by atoms with E-state index in [2.05, 4.69) is 266 Å². The van der Waals surface area contributed by atoms with Crippen LogP contribution >= 0.6 is 11.8 Å². The SMILES string of the molecule is c1ccc(-c2ccc(-c3ccccc3N(c3ccc4c(c3)Sc3ccccc3C43c4ccccc4-c4ccccc43)c3cccc4c3-c3ccccc3C43c4ccccc4Oc4ccccc43)cc2)cc1. The molecular formula is C68H43NOS. The molecule has 0 radical (unpaired) electrons. The molecule has 332 valence electrons. The van der Waals surface area contributed by atoms with Crippen LogP contribution in [0.4, 0.5) is 17.1 Å². The van der Waals surface area contributed by atoms with Crippen LogP contribution in [0.3, 0.4) is 0 Å². The van der Waals surface area contributed by atoms with Gasteiger partial charge in [0.1, 0.15) is 11.5 Å². The first-order valence-corrected chi connectivity index (χ1v) is 25.3. The van der Waals surface area contributed by atoms with E-state index in [-0.39, 0.29) is 0 Å². The number of fused-ring (bicyclic) bond motifs is 18. The summed E-state index contributed by atoms with van der Waals surface area (Å²) in [4.78, 5) is 5.08. The molecule has 0 unspecified atom stereocenters. The summed E-state index contributed by atoms with van der Waals surface area (Å²) in [5, 5.41) is 0. The molecule has 0 saturated heterocycles. The Hall–Kier alpha value is -8.63. The van der Waals surface area contributed by atoms with Gasteiger partial charge in [-0.3, -0.25) is 0 Å². The van der Waals surface area contributed by atoms with Crippen molar-refractivity contribution in [3.8, 4) is 56.0 Å². The van der Waals surface area contributed by atoms with Crippen LogP contribution in [0.1, 0.15) is 44.5 Å². The van der Waals surface area contributed by atoms with E-state index in [0.717, 1.165) is 50.8 Å². The minimum atomic E-state index is -0.614. The first-order valence-electron chi connectivity index (χ1n) is 24.5. The van der Waals surface area contributed by atoms with Crippen molar-refractivity contribution in [1.82, 2.24) is 0 Å². The molecule has 4 aliphatic rings. The number of rotatable bonds is 5. The Morgan fingerprint density at radius 1 is 0.296 bits per heavy atom. The molecule has 2 spiro atoms. The van der Waals surface area contributed by atoms with Gasteiger partial charge in [0.05, 0.1) is 22.2 Å². The average Bonchev–Trinajstić information content (AvgIpc) is 3.90. The predicted octanol–water partition coefficient (Wildman–Crippen LogP) is 17.8. The summed E-state index contributed by atoms with van der Waals surface area (Å²) in [6.07, 6.45) is 0. The normalized spacial score (nSPS) is 14.2. The Balaban J connectivity index is 1.01. The fourth-order valence-corrected chi connectivity index (χ4v) is 14.1. The lowest BCUT2D eigenvalue weighted by Gasteiger charge is -2.40. The molecule has 0 fully saturated rings. The zero-order valence-electron chi connectivity index (χ0n) is 38.6. The van der Waals surface area contributed by atoms with E-state index in [4.69, 9.17) is 4.74 Å². The summed E-state index contributed by atoms with van der Waals surface area (Å²) in [6, 6.07) is 96.6. The smallest absolute Gasteiger partial charge is 0.132 e. The summed E-state index contributed by atoms with van der Waals surface area (Å²) in [5.74, 6) is 1.77. The summed E-state index contributed by atoms with van der Waals surface area (Å²) in [7, 11) is 0. The van der Waals surface area contributed by atoms with Crippen molar-refractivity contribution >= 4 is 28.8 Å². The van der Waals surface area contributed by atoms with Gasteiger partial charge in [-0.25, -0.2) is 0 Å². The third-order valence-electron chi connectivity index (χ3n) is 15.6. The average molecular weight is 922 g/mol. The third kappa shape index (κ3) is 5.55. The van der Waals surface area contributed by atoms with Crippen LogP contribution in [-0.2, 0) is 10.8 Å². The fraction of sp³-hybridized carbons (Fsp3) is 0.0294. The van der Waals surface area contributed by atoms with E-state index in [1.165, 1.54) is 76.6 Å². The van der Waals surface area contributed by atoms with Crippen molar-refractivity contribution in [3.63, 3.8) is 0 Å². The first kappa shape index (κ1) is 40.3.